The lowest BCUT2D eigenvalue weighted by Crippen LogP contribution is -2.12. The van der Waals surface area contributed by atoms with Gasteiger partial charge in [0.25, 0.3) is 0 Å². The zero-order valence-electron chi connectivity index (χ0n) is 8.86. The Kier molecular flexibility index (Phi) is 3.31. The van der Waals surface area contributed by atoms with Crippen molar-refractivity contribution in [3.63, 3.8) is 0 Å². The van der Waals surface area contributed by atoms with E-state index < -0.39 is 0 Å². The van der Waals surface area contributed by atoms with Crippen LogP contribution in [0.1, 0.15) is 11.1 Å². The Labute approximate surface area is 103 Å². The smallest absolute Gasteiger partial charge is 0.123 e. The second-order valence-electron chi connectivity index (χ2n) is 3.42. The Morgan fingerprint density at radius 2 is 2.19 bits per heavy atom. The molecule has 0 aliphatic rings. The van der Waals surface area contributed by atoms with E-state index in [2.05, 4.69) is 17.5 Å². The molecule has 0 unspecified atom stereocenters. The lowest BCUT2D eigenvalue weighted by Gasteiger charge is -2.05. The normalized spacial score (nSPS) is 10.3. The van der Waals surface area contributed by atoms with Crippen LogP contribution in [0.2, 0.25) is 0 Å². The number of rotatable bonds is 3. The summed E-state index contributed by atoms with van der Waals surface area (Å²) in [6.45, 7) is 1.98. The van der Waals surface area contributed by atoms with E-state index in [4.69, 9.17) is 11.1 Å². The van der Waals surface area contributed by atoms with Crippen molar-refractivity contribution in [1.29, 1.82) is 5.41 Å². The summed E-state index contributed by atoms with van der Waals surface area (Å²) in [5.41, 5.74) is 7.34. The van der Waals surface area contributed by atoms with Crippen LogP contribution in [0.5, 0.6) is 0 Å². The van der Waals surface area contributed by atoms with E-state index in [1.807, 2.05) is 25.1 Å². The van der Waals surface area contributed by atoms with E-state index in [0.29, 0.717) is 0 Å². The van der Waals surface area contributed by atoms with E-state index in [9.17, 15) is 0 Å². The van der Waals surface area contributed by atoms with Gasteiger partial charge >= 0.3 is 0 Å². The maximum atomic E-state index is 7.42. The lowest BCUT2D eigenvalue weighted by molar-refractivity contribution is 1.31. The van der Waals surface area contributed by atoms with Gasteiger partial charge in [0.2, 0.25) is 0 Å². The standard InChI is InChI=1S/C12H12N2S2/c1-8-7-9(4-5-10(8)12(13)14)16-11-3-2-6-15-11/h2-7H,1H3,(H3,13,14). The van der Waals surface area contributed by atoms with Crippen molar-refractivity contribution >= 4 is 28.9 Å². The van der Waals surface area contributed by atoms with Crippen LogP contribution >= 0.6 is 23.1 Å². The van der Waals surface area contributed by atoms with Crippen LogP contribution in [-0.4, -0.2) is 5.84 Å². The zero-order valence-corrected chi connectivity index (χ0v) is 10.5. The van der Waals surface area contributed by atoms with Crippen molar-refractivity contribution in [3.05, 3.63) is 46.8 Å². The quantitative estimate of drug-likeness (QED) is 0.645. The van der Waals surface area contributed by atoms with Crippen LogP contribution < -0.4 is 5.73 Å². The summed E-state index contributed by atoms with van der Waals surface area (Å²) in [5, 5.41) is 9.48. The number of nitrogens with two attached hydrogens (primary N) is 1. The Morgan fingerprint density at radius 1 is 1.38 bits per heavy atom. The highest BCUT2D eigenvalue weighted by molar-refractivity contribution is 8.01. The molecule has 1 aromatic heterocycles. The van der Waals surface area contributed by atoms with Crippen molar-refractivity contribution in [2.75, 3.05) is 0 Å². The van der Waals surface area contributed by atoms with Gasteiger partial charge in [0.15, 0.2) is 0 Å². The third-order valence-corrected chi connectivity index (χ3v) is 4.23. The van der Waals surface area contributed by atoms with E-state index in [1.165, 1.54) is 9.10 Å². The Hall–Kier alpha value is -1.26. The third kappa shape index (κ3) is 2.46. The minimum absolute atomic E-state index is 0.130. The summed E-state index contributed by atoms with van der Waals surface area (Å²) in [5.74, 6) is 0.130. The molecule has 82 valence electrons. The molecule has 0 fully saturated rings. The molecule has 0 saturated carbocycles. The molecular weight excluding hydrogens is 236 g/mol. The molecule has 1 heterocycles. The first kappa shape index (κ1) is 11.2. The summed E-state index contributed by atoms with van der Waals surface area (Å²) in [4.78, 5) is 1.19. The molecule has 2 nitrogen and oxygen atoms in total. The van der Waals surface area contributed by atoms with Crippen molar-refractivity contribution in [2.24, 2.45) is 5.73 Å². The number of aryl methyl sites for hydroxylation is 1. The van der Waals surface area contributed by atoms with E-state index in [-0.39, 0.29) is 5.84 Å². The molecule has 16 heavy (non-hydrogen) atoms. The van der Waals surface area contributed by atoms with Gasteiger partial charge in [-0.2, -0.15) is 0 Å². The van der Waals surface area contributed by atoms with Gasteiger partial charge in [-0.15, -0.1) is 11.3 Å². The van der Waals surface area contributed by atoms with Gasteiger partial charge < -0.3 is 5.73 Å². The number of hydrogen-bond acceptors (Lipinski definition) is 3. The molecule has 3 N–H and O–H groups in total. The first-order chi connectivity index (χ1) is 7.66. The highest BCUT2D eigenvalue weighted by Crippen LogP contribution is 2.32. The van der Waals surface area contributed by atoms with Gasteiger partial charge in [-0.25, -0.2) is 0 Å². The molecule has 1 aromatic carbocycles. The molecule has 0 aliphatic heterocycles. The molecule has 0 saturated heterocycles. The van der Waals surface area contributed by atoms with Crippen molar-refractivity contribution in [1.82, 2.24) is 0 Å². The molecule has 2 aromatic rings. The maximum Gasteiger partial charge on any atom is 0.123 e. The first-order valence-corrected chi connectivity index (χ1v) is 6.53. The monoisotopic (exact) mass is 248 g/mol. The van der Waals surface area contributed by atoms with E-state index >= 15 is 0 Å². The number of hydrogen-bond donors (Lipinski definition) is 2. The number of nitrogens with one attached hydrogen (secondary N) is 1. The van der Waals surface area contributed by atoms with Gasteiger partial charge in [-0.3, -0.25) is 5.41 Å². The average molecular weight is 248 g/mol. The summed E-state index contributed by atoms with van der Waals surface area (Å²) < 4.78 is 1.27. The third-order valence-electron chi connectivity index (χ3n) is 2.20. The van der Waals surface area contributed by atoms with Gasteiger partial charge in [-0.05, 0) is 42.1 Å². The fourth-order valence-electron chi connectivity index (χ4n) is 1.44. The molecular formula is C12H12N2S2. The van der Waals surface area contributed by atoms with Crippen LogP contribution in [0.15, 0.2) is 44.8 Å². The largest absolute Gasteiger partial charge is 0.384 e. The number of nitrogen functional groups attached to an aromatic ring is 1. The highest BCUT2D eigenvalue weighted by Gasteiger charge is 2.04. The minimum Gasteiger partial charge on any atom is -0.384 e. The van der Waals surface area contributed by atoms with Crippen LogP contribution in [0.25, 0.3) is 0 Å². The minimum atomic E-state index is 0.130. The van der Waals surface area contributed by atoms with Crippen LogP contribution in [0.4, 0.5) is 0 Å². The Bertz CT molecular complexity index is 504. The SMILES string of the molecule is Cc1cc(Sc2cccs2)ccc1C(=N)N. The van der Waals surface area contributed by atoms with Crippen LogP contribution in [0, 0.1) is 12.3 Å². The summed E-state index contributed by atoms with van der Waals surface area (Å²) in [6.07, 6.45) is 0. The van der Waals surface area contributed by atoms with Gasteiger partial charge in [0.1, 0.15) is 5.84 Å². The molecule has 4 heteroatoms. The molecule has 0 amide bonds. The van der Waals surface area contributed by atoms with E-state index in [0.717, 1.165) is 11.1 Å². The van der Waals surface area contributed by atoms with Gasteiger partial charge in [0.05, 0.1) is 4.21 Å². The number of amidine groups is 1. The fourth-order valence-corrected chi connectivity index (χ4v) is 3.29. The van der Waals surface area contributed by atoms with Crippen molar-refractivity contribution < 1.29 is 0 Å². The van der Waals surface area contributed by atoms with E-state index in [1.54, 1.807) is 23.1 Å². The Morgan fingerprint density at radius 3 is 2.75 bits per heavy atom. The molecule has 0 bridgehead atoms. The highest BCUT2D eigenvalue weighted by atomic mass is 32.2. The van der Waals surface area contributed by atoms with Crippen LogP contribution in [-0.2, 0) is 0 Å². The molecule has 0 radical (unpaired) electrons. The predicted octanol–water partition coefficient (Wildman–Crippen LogP) is 3.49. The predicted molar refractivity (Wildman–Crippen MR) is 70.6 cm³/mol. The van der Waals surface area contributed by atoms with Gasteiger partial charge in [-0.1, -0.05) is 17.8 Å². The molecule has 0 aliphatic carbocycles. The molecule has 0 atom stereocenters. The van der Waals surface area contributed by atoms with Crippen molar-refractivity contribution in [2.45, 2.75) is 16.0 Å². The maximum absolute atomic E-state index is 7.42. The zero-order chi connectivity index (χ0) is 11.5. The fraction of sp³-hybridized carbons (Fsp3) is 0.0833. The number of benzene rings is 1. The topological polar surface area (TPSA) is 49.9 Å². The summed E-state index contributed by atoms with van der Waals surface area (Å²) in [6, 6.07) is 10.1. The average Bonchev–Trinajstić information content (AvgIpc) is 2.70. The lowest BCUT2D eigenvalue weighted by atomic mass is 10.1. The number of thiophene rings is 1. The molecule has 2 rings (SSSR count). The van der Waals surface area contributed by atoms with Crippen LogP contribution in [0.3, 0.4) is 0 Å². The molecule has 0 spiro atoms. The van der Waals surface area contributed by atoms with Crippen molar-refractivity contribution in [3.8, 4) is 0 Å². The second-order valence-corrected chi connectivity index (χ2v) is 5.75. The first-order valence-electron chi connectivity index (χ1n) is 4.83. The summed E-state index contributed by atoms with van der Waals surface area (Å²) >= 11 is 3.47. The second kappa shape index (κ2) is 4.72. The summed E-state index contributed by atoms with van der Waals surface area (Å²) in [7, 11) is 0. The Balaban J connectivity index is 2.24. The van der Waals surface area contributed by atoms with Gasteiger partial charge in [0, 0.05) is 10.5 Å².